The van der Waals surface area contributed by atoms with E-state index in [1.165, 1.54) is 6.07 Å². The average molecular weight is 378 g/mol. The smallest absolute Gasteiger partial charge is 0.337 e. The van der Waals surface area contributed by atoms with Gasteiger partial charge in [-0.25, -0.2) is 4.79 Å². The van der Waals surface area contributed by atoms with Gasteiger partial charge in [0.05, 0.1) is 27.9 Å². The standard InChI is InChI=1S/C21H16ClN3O2/c1-13-9-16(12-24-17-5-3-15(11-23)4-6-17)14(2)25(13)18-7-8-19(21(26)27)20(22)10-18/h3-10,12H,1-2H3,(H,26,27). The van der Waals surface area contributed by atoms with Crippen LogP contribution in [0.5, 0.6) is 0 Å². The highest BCUT2D eigenvalue weighted by Crippen LogP contribution is 2.25. The van der Waals surface area contributed by atoms with Gasteiger partial charge in [0, 0.05) is 28.9 Å². The van der Waals surface area contributed by atoms with Crippen molar-refractivity contribution >= 4 is 29.5 Å². The van der Waals surface area contributed by atoms with Crippen molar-refractivity contribution in [2.24, 2.45) is 4.99 Å². The molecule has 0 aliphatic heterocycles. The van der Waals surface area contributed by atoms with Crippen LogP contribution in [0.15, 0.2) is 53.5 Å². The molecule has 0 atom stereocenters. The van der Waals surface area contributed by atoms with E-state index in [0.717, 1.165) is 28.3 Å². The molecule has 1 heterocycles. The monoisotopic (exact) mass is 377 g/mol. The fourth-order valence-corrected chi connectivity index (χ4v) is 3.15. The predicted molar refractivity (Wildman–Crippen MR) is 106 cm³/mol. The van der Waals surface area contributed by atoms with Crippen LogP contribution < -0.4 is 0 Å². The lowest BCUT2D eigenvalue weighted by Gasteiger charge is -2.11. The number of hydrogen-bond donors (Lipinski definition) is 1. The molecule has 0 aliphatic carbocycles. The molecular formula is C21H16ClN3O2. The summed E-state index contributed by atoms with van der Waals surface area (Å²) in [4.78, 5) is 15.6. The van der Waals surface area contributed by atoms with Gasteiger partial charge in [-0.3, -0.25) is 4.99 Å². The summed E-state index contributed by atoms with van der Waals surface area (Å²) in [7, 11) is 0. The Morgan fingerprint density at radius 2 is 1.89 bits per heavy atom. The normalized spacial score (nSPS) is 10.9. The lowest BCUT2D eigenvalue weighted by Crippen LogP contribution is -2.02. The SMILES string of the molecule is Cc1cc(C=Nc2ccc(C#N)cc2)c(C)n1-c1ccc(C(=O)O)c(Cl)c1. The van der Waals surface area contributed by atoms with Crippen molar-refractivity contribution in [1.82, 2.24) is 4.57 Å². The Kier molecular flexibility index (Phi) is 5.11. The van der Waals surface area contributed by atoms with E-state index in [9.17, 15) is 4.79 Å². The third kappa shape index (κ3) is 3.76. The first-order valence-corrected chi connectivity index (χ1v) is 8.55. The number of nitriles is 1. The van der Waals surface area contributed by atoms with Gasteiger partial charge >= 0.3 is 5.97 Å². The maximum atomic E-state index is 11.1. The summed E-state index contributed by atoms with van der Waals surface area (Å²) in [6, 6.07) is 16.0. The molecule has 0 unspecified atom stereocenters. The fourth-order valence-electron chi connectivity index (χ4n) is 2.90. The molecule has 3 aromatic rings. The largest absolute Gasteiger partial charge is 0.478 e. The molecule has 134 valence electrons. The Balaban J connectivity index is 1.95. The lowest BCUT2D eigenvalue weighted by molar-refractivity contribution is 0.0697. The van der Waals surface area contributed by atoms with E-state index in [-0.39, 0.29) is 10.6 Å². The number of aromatic carboxylic acids is 1. The molecule has 0 bridgehead atoms. The Hall–Kier alpha value is -3.36. The molecule has 0 fully saturated rings. The minimum Gasteiger partial charge on any atom is -0.478 e. The van der Waals surface area contributed by atoms with Gasteiger partial charge < -0.3 is 9.67 Å². The maximum Gasteiger partial charge on any atom is 0.337 e. The summed E-state index contributed by atoms with van der Waals surface area (Å²) >= 11 is 6.11. The molecule has 3 rings (SSSR count). The first kappa shape index (κ1) is 18.4. The third-order valence-corrected chi connectivity index (χ3v) is 4.57. The van der Waals surface area contributed by atoms with E-state index in [2.05, 4.69) is 11.1 Å². The van der Waals surface area contributed by atoms with Crippen LogP contribution in [0.1, 0.15) is 32.9 Å². The first-order valence-electron chi connectivity index (χ1n) is 8.17. The van der Waals surface area contributed by atoms with Crippen LogP contribution >= 0.6 is 11.6 Å². The van der Waals surface area contributed by atoms with Gasteiger partial charge in [0.25, 0.3) is 0 Å². The van der Waals surface area contributed by atoms with E-state index in [1.54, 1.807) is 42.6 Å². The molecule has 6 heteroatoms. The molecule has 0 spiro atoms. The number of carboxylic acids is 1. The molecular weight excluding hydrogens is 362 g/mol. The minimum absolute atomic E-state index is 0.0745. The van der Waals surface area contributed by atoms with E-state index < -0.39 is 5.97 Å². The highest BCUT2D eigenvalue weighted by atomic mass is 35.5. The molecule has 27 heavy (non-hydrogen) atoms. The number of rotatable bonds is 4. The van der Waals surface area contributed by atoms with Crippen molar-refractivity contribution < 1.29 is 9.90 Å². The zero-order valence-electron chi connectivity index (χ0n) is 14.8. The van der Waals surface area contributed by atoms with Crippen LogP contribution in [0.4, 0.5) is 5.69 Å². The molecule has 5 nitrogen and oxygen atoms in total. The zero-order chi connectivity index (χ0) is 19.6. The Bertz CT molecular complexity index is 1090. The molecule has 0 amide bonds. The maximum absolute atomic E-state index is 11.1. The van der Waals surface area contributed by atoms with Gasteiger partial charge in [0.15, 0.2) is 0 Å². The summed E-state index contributed by atoms with van der Waals surface area (Å²) in [5.41, 5.74) is 5.09. The lowest BCUT2D eigenvalue weighted by atomic mass is 10.2. The minimum atomic E-state index is -1.05. The summed E-state index contributed by atoms with van der Waals surface area (Å²) in [6.45, 7) is 3.93. The van der Waals surface area contributed by atoms with Gasteiger partial charge in [-0.15, -0.1) is 0 Å². The van der Waals surface area contributed by atoms with Gasteiger partial charge in [0.2, 0.25) is 0 Å². The Morgan fingerprint density at radius 3 is 2.48 bits per heavy atom. The van der Waals surface area contributed by atoms with E-state index in [0.29, 0.717) is 5.56 Å². The third-order valence-electron chi connectivity index (χ3n) is 4.26. The second-order valence-electron chi connectivity index (χ2n) is 6.05. The van der Waals surface area contributed by atoms with E-state index in [1.807, 2.05) is 24.5 Å². The molecule has 0 saturated heterocycles. The Morgan fingerprint density at radius 1 is 1.19 bits per heavy atom. The van der Waals surface area contributed by atoms with Gasteiger partial charge in [0.1, 0.15) is 0 Å². The van der Waals surface area contributed by atoms with Gasteiger partial charge in [-0.2, -0.15) is 5.26 Å². The van der Waals surface area contributed by atoms with Crippen LogP contribution in [-0.4, -0.2) is 21.9 Å². The summed E-state index contributed by atoms with van der Waals surface area (Å²) in [5.74, 6) is -1.05. The Labute approximate surface area is 161 Å². The number of hydrogen-bond acceptors (Lipinski definition) is 3. The van der Waals surface area contributed by atoms with Crippen LogP contribution in [0.2, 0.25) is 5.02 Å². The number of nitrogens with zero attached hydrogens (tertiary/aromatic N) is 3. The average Bonchev–Trinajstić information content (AvgIpc) is 2.93. The van der Waals surface area contributed by atoms with Crippen molar-refractivity contribution in [2.45, 2.75) is 13.8 Å². The first-order chi connectivity index (χ1) is 12.9. The molecule has 0 saturated carbocycles. The second kappa shape index (κ2) is 7.48. The zero-order valence-corrected chi connectivity index (χ0v) is 15.5. The van der Waals surface area contributed by atoms with Crippen molar-refractivity contribution in [2.75, 3.05) is 0 Å². The molecule has 1 aromatic heterocycles. The molecule has 2 aromatic carbocycles. The molecule has 0 aliphatic rings. The topological polar surface area (TPSA) is 78.4 Å². The number of carboxylic acid groups (broad SMARTS) is 1. The van der Waals surface area contributed by atoms with Crippen molar-refractivity contribution in [1.29, 1.82) is 5.26 Å². The van der Waals surface area contributed by atoms with Crippen LogP contribution in [-0.2, 0) is 0 Å². The number of carbonyl (C=O) groups is 1. The summed E-state index contributed by atoms with van der Waals surface area (Å²) in [6.07, 6.45) is 1.77. The highest BCUT2D eigenvalue weighted by molar-refractivity contribution is 6.33. The van der Waals surface area contributed by atoms with Crippen LogP contribution in [0.3, 0.4) is 0 Å². The second-order valence-corrected chi connectivity index (χ2v) is 6.46. The van der Waals surface area contributed by atoms with Crippen molar-refractivity contribution in [3.63, 3.8) is 0 Å². The number of benzene rings is 2. The van der Waals surface area contributed by atoms with Gasteiger partial charge in [-0.05, 0) is 62.4 Å². The summed E-state index contributed by atoms with van der Waals surface area (Å²) < 4.78 is 2.00. The molecule has 0 radical (unpaired) electrons. The number of aliphatic imine (C=N–C) groups is 1. The highest BCUT2D eigenvalue weighted by Gasteiger charge is 2.13. The van der Waals surface area contributed by atoms with Gasteiger partial charge in [-0.1, -0.05) is 11.6 Å². The predicted octanol–water partition coefficient (Wildman–Crippen LogP) is 5.07. The van der Waals surface area contributed by atoms with Crippen LogP contribution in [0.25, 0.3) is 5.69 Å². The van der Waals surface area contributed by atoms with Crippen molar-refractivity contribution in [3.05, 3.63) is 81.6 Å². The van der Waals surface area contributed by atoms with Crippen LogP contribution in [0, 0.1) is 25.2 Å². The summed E-state index contributed by atoms with van der Waals surface area (Å²) in [5, 5.41) is 18.2. The van der Waals surface area contributed by atoms with E-state index >= 15 is 0 Å². The number of aryl methyl sites for hydroxylation is 1. The quantitative estimate of drug-likeness (QED) is 0.645. The fraction of sp³-hybridized carbons (Fsp3) is 0.0952. The number of halogens is 1. The number of aromatic nitrogens is 1. The van der Waals surface area contributed by atoms with Crippen molar-refractivity contribution in [3.8, 4) is 11.8 Å². The van der Waals surface area contributed by atoms with E-state index in [4.69, 9.17) is 22.0 Å². The molecule has 1 N–H and O–H groups in total.